The molecule has 0 spiro atoms. The maximum atomic E-state index is 12.8. The predicted molar refractivity (Wildman–Crippen MR) is 110 cm³/mol. The molecule has 0 atom stereocenters. The van der Waals surface area contributed by atoms with Crippen LogP contribution in [0.4, 0.5) is 5.69 Å². The number of rotatable bonds is 6. The van der Waals surface area contributed by atoms with E-state index in [4.69, 9.17) is 4.74 Å². The summed E-state index contributed by atoms with van der Waals surface area (Å²) in [5, 5.41) is 0. The lowest BCUT2D eigenvalue weighted by atomic mass is 10.1. The molecule has 29 heavy (non-hydrogen) atoms. The van der Waals surface area contributed by atoms with Crippen molar-refractivity contribution < 1.29 is 13.2 Å². The molecule has 0 radical (unpaired) electrons. The highest BCUT2D eigenvalue weighted by Crippen LogP contribution is 2.25. The number of hydrogen-bond donors (Lipinski definition) is 1. The molecule has 1 aliphatic heterocycles. The van der Waals surface area contributed by atoms with Crippen molar-refractivity contribution in [3.63, 3.8) is 0 Å². The number of nitrogens with zero attached hydrogens (tertiary/aromatic N) is 3. The summed E-state index contributed by atoms with van der Waals surface area (Å²) in [4.78, 5) is 26.3. The number of sulfonamides is 1. The van der Waals surface area contributed by atoms with E-state index in [1.54, 1.807) is 32.2 Å². The summed E-state index contributed by atoms with van der Waals surface area (Å²) in [6.45, 7) is 3.19. The van der Waals surface area contributed by atoms with Crippen LogP contribution in [0.3, 0.4) is 0 Å². The van der Waals surface area contributed by atoms with E-state index in [0.717, 1.165) is 4.57 Å². The summed E-state index contributed by atoms with van der Waals surface area (Å²) in [5.41, 5.74) is -0.287. The van der Waals surface area contributed by atoms with Crippen LogP contribution in [0.1, 0.15) is 19.8 Å². The number of aryl methyl sites for hydroxylation is 1. The Hall–Kier alpha value is -2.59. The second kappa shape index (κ2) is 8.42. The molecule has 0 bridgehead atoms. The smallest absolute Gasteiger partial charge is 0.330 e. The van der Waals surface area contributed by atoms with Crippen LogP contribution < -0.4 is 25.6 Å². The number of benzene rings is 1. The average molecular weight is 423 g/mol. The van der Waals surface area contributed by atoms with Gasteiger partial charge in [0.1, 0.15) is 16.3 Å². The minimum Gasteiger partial charge on any atom is -0.492 e. The quantitative estimate of drug-likeness (QED) is 0.724. The molecule has 1 aliphatic rings. The Kier molecular flexibility index (Phi) is 6.13. The van der Waals surface area contributed by atoms with E-state index in [0.29, 0.717) is 44.0 Å². The molecule has 0 aliphatic carbocycles. The van der Waals surface area contributed by atoms with Crippen LogP contribution >= 0.6 is 0 Å². The maximum absolute atomic E-state index is 12.8. The molecule has 158 valence electrons. The van der Waals surface area contributed by atoms with E-state index >= 15 is 0 Å². The first-order valence-electron chi connectivity index (χ1n) is 9.50. The van der Waals surface area contributed by atoms with Crippen molar-refractivity contribution in [3.8, 4) is 5.75 Å². The molecule has 10 heteroatoms. The minimum absolute atomic E-state index is 0.121. The van der Waals surface area contributed by atoms with Gasteiger partial charge >= 0.3 is 5.69 Å². The lowest BCUT2D eigenvalue weighted by Gasteiger charge is -2.33. The van der Waals surface area contributed by atoms with Crippen LogP contribution in [0.2, 0.25) is 0 Å². The standard InChI is InChI=1S/C19H26N4O5S/c1-4-28-16-7-5-6-8-17(16)29(26,27)20-14-9-11-23(12-10-14)15-13-21(2)19(25)22(3)18(15)24/h5-8,13-14,20H,4,9-12H2,1-3H3. The Morgan fingerprint density at radius 3 is 2.45 bits per heavy atom. The third-order valence-electron chi connectivity index (χ3n) is 5.02. The monoisotopic (exact) mass is 422 g/mol. The molecule has 2 heterocycles. The van der Waals surface area contributed by atoms with E-state index in [1.165, 1.54) is 23.9 Å². The summed E-state index contributed by atoms with van der Waals surface area (Å²) >= 11 is 0. The molecule has 1 saturated heterocycles. The van der Waals surface area contributed by atoms with Gasteiger partial charge in [0.05, 0.1) is 6.61 Å². The Bertz CT molecular complexity index is 1100. The molecule has 0 unspecified atom stereocenters. The molecule has 1 aromatic heterocycles. The van der Waals surface area contributed by atoms with Gasteiger partial charge in [0.25, 0.3) is 5.56 Å². The van der Waals surface area contributed by atoms with Crippen LogP contribution in [0, 0.1) is 0 Å². The van der Waals surface area contributed by atoms with Gasteiger partial charge in [0, 0.05) is 39.4 Å². The molecule has 1 fully saturated rings. The minimum atomic E-state index is -3.73. The topological polar surface area (TPSA) is 103 Å². The van der Waals surface area contributed by atoms with Gasteiger partial charge < -0.3 is 14.2 Å². The van der Waals surface area contributed by atoms with E-state index < -0.39 is 10.0 Å². The van der Waals surface area contributed by atoms with Crippen molar-refractivity contribution >= 4 is 15.7 Å². The highest BCUT2D eigenvalue weighted by atomic mass is 32.2. The number of anilines is 1. The SMILES string of the molecule is CCOc1ccccc1S(=O)(=O)NC1CCN(c2cn(C)c(=O)n(C)c2=O)CC1. The third-order valence-corrected chi connectivity index (χ3v) is 6.58. The average Bonchev–Trinajstić information content (AvgIpc) is 2.70. The van der Waals surface area contributed by atoms with E-state index in [-0.39, 0.29) is 22.2 Å². The van der Waals surface area contributed by atoms with Gasteiger partial charge in [-0.05, 0) is 31.9 Å². The Labute approximate surface area is 169 Å². The van der Waals surface area contributed by atoms with Crippen LogP contribution in [-0.2, 0) is 24.1 Å². The molecule has 3 rings (SSSR count). The lowest BCUT2D eigenvalue weighted by Crippen LogP contribution is -2.47. The highest BCUT2D eigenvalue weighted by molar-refractivity contribution is 7.89. The van der Waals surface area contributed by atoms with Crippen molar-refractivity contribution in [1.82, 2.24) is 13.9 Å². The second-order valence-corrected chi connectivity index (χ2v) is 8.72. The van der Waals surface area contributed by atoms with Gasteiger partial charge in [0.15, 0.2) is 0 Å². The van der Waals surface area contributed by atoms with Crippen molar-refractivity contribution in [2.24, 2.45) is 14.1 Å². The van der Waals surface area contributed by atoms with Crippen molar-refractivity contribution in [3.05, 3.63) is 51.3 Å². The first kappa shape index (κ1) is 21.1. The van der Waals surface area contributed by atoms with Gasteiger partial charge in [-0.15, -0.1) is 0 Å². The fourth-order valence-electron chi connectivity index (χ4n) is 3.47. The van der Waals surface area contributed by atoms with Gasteiger partial charge in [-0.1, -0.05) is 12.1 Å². The molecule has 1 N–H and O–H groups in total. The van der Waals surface area contributed by atoms with E-state index in [1.807, 2.05) is 4.90 Å². The first-order chi connectivity index (χ1) is 13.7. The Balaban J connectivity index is 1.72. The molecule has 9 nitrogen and oxygen atoms in total. The summed E-state index contributed by atoms with van der Waals surface area (Å²) in [7, 11) is -0.678. The number of para-hydroxylation sites is 1. The zero-order valence-corrected chi connectivity index (χ0v) is 17.6. The number of hydrogen-bond acceptors (Lipinski definition) is 6. The zero-order valence-electron chi connectivity index (χ0n) is 16.8. The number of ether oxygens (including phenoxy) is 1. The highest BCUT2D eigenvalue weighted by Gasteiger charge is 2.27. The van der Waals surface area contributed by atoms with Crippen molar-refractivity contribution in [1.29, 1.82) is 0 Å². The van der Waals surface area contributed by atoms with Crippen LogP contribution in [0.15, 0.2) is 44.9 Å². The molecule has 0 amide bonds. The molecular weight excluding hydrogens is 396 g/mol. The number of piperidine rings is 1. The normalized spacial score (nSPS) is 15.5. The molecule has 1 aromatic carbocycles. The summed E-state index contributed by atoms with van der Waals surface area (Å²) in [5.74, 6) is 0.327. The zero-order chi connectivity index (χ0) is 21.2. The summed E-state index contributed by atoms with van der Waals surface area (Å²) in [6, 6.07) is 6.31. The Morgan fingerprint density at radius 2 is 1.79 bits per heavy atom. The van der Waals surface area contributed by atoms with Crippen molar-refractivity contribution in [2.75, 3.05) is 24.6 Å². The molecule has 2 aromatic rings. The fraction of sp³-hybridized carbons (Fsp3) is 0.474. The molecular formula is C19H26N4O5S. The maximum Gasteiger partial charge on any atom is 0.330 e. The van der Waals surface area contributed by atoms with Gasteiger partial charge in [-0.25, -0.2) is 17.9 Å². The van der Waals surface area contributed by atoms with Crippen LogP contribution in [0.25, 0.3) is 0 Å². The fourth-order valence-corrected chi connectivity index (χ4v) is 4.93. The summed E-state index contributed by atoms with van der Waals surface area (Å²) in [6.07, 6.45) is 2.62. The van der Waals surface area contributed by atoms with Crippen LogP contribution in [-0.4, -0.2) is 43.3 Å². The summed E-state index contributed by atoms with van der Waals surface area (Å²) < 4.78 is 36.3. The molecule has 0 saturated carbocycles. The lowest BCUT2D eigenvalue weighted by molar-refractivity contribution is 0.330. The van der Waals surface area contributed by atoms with Gasteiger partial charge in [0.2, 0.25) is 10.0 Å². The largest absolute Gasteiger partial charge is 0.492 e. The van der Waals surface area contributed by atoms with Gasteiger partial charge in [-0.3, -0.25) is 9.36 Å². The third kappa shape index (κ3) is 4.38. The van der Waals surface area contributed by atoms with Crippen molar-refractivity contribution in [2.45, 2.75) is 30.7 Å². The first-order valence-corrected chi connectivity index (χ1v) is 11.0. The Morgan fingerprint density at radius 1 is 1.14 bits per heavy atom. The van der Waals surface area contributed by atoms with Crippen LogP contribution in [0.5, 0.6) is 5.75 Å². The predicted octanol–water partition coefficient (Wildman–Crippen LogP) is 0.430. The van der Waals surface area contributed by atoms with Gasteiger partial charge in [-0.2, -0.15) is 0 Å². The van der Waals surface area contributed by atoms with E-state index in [2.05, 4.69) is 4.72 Å². The van der Waals surface area contributed by atoms with E-state index in [9.17, 15) is 18.0 Å². The second-order valence-electron chi connectivity index (χ2n) is 7.03. The number of nitrogens with one attached hydrogen (secondary N) is 1. The number of aromatic nitrogens is 2.